The van der Waals surface area contributed by atoms with Crippen molar-refractivity contribution in [3.63, 3.8) is 0 Å². The maximum Gasteiger partial charge on any atom is 0.246 e. The smallest absolute Gasteiger partial charge is 0.246 e. The molecule has 2 fully saturated rings. The third-order valence-corrected chi connectivity index (χ3v) is 7.59. The van der Waals surface area contributed by atoms with Gasteiger partial charge in [0.15, 0.2) is 0 Å². The van der Waals surface area contributed by atoms with E-state index >= 15 is 0 Å². The van der Waals surface area contributed by atoms with Crippen LogP contribution in [-0.4, -0.2) is 91.0 Å². The van der Waals surface area contributed by atoms with Crippen LogP contribution in [0.2, 0.25) is 0 Å². The molecule has 4 atom stereocenters. The first-order valence-corrected chi connectivity index (χ1v) is 14.2. The van der Waals surface area contributed by atoms with Crippen molar-refractivity contribution in [2.75, 3.05) is 40.8 Å². The Morgan fingerprint density at radius 2 is 1.62 bits per heavy atom. The summed E-state index contributed by atoms with van der Waals surface area (Å²) in [5.41, 5.74) is 0.725. The lowest BCUT2D eigenvalue weighted by atomic mass is 9.92. The summed E-state index contributed by atoms with van der Waals surface area (Å²) in [6.45, 7) is 3.66. The molecule has 3 rings (SSSR count). The Balaban J connectivity index is 1.65. The molecule has 2 heterocycles. The lowest BCUT2D eigenvalue weighted by Gasteiger charge is -2.38. The van der Waals surface area contributed by atoms with Crippen molar-refractivity contribution in [3.8, 4) is 5.75 Å². The molecular weight excluding hydrogens is 498 g/mol. The van der Waals surface area contributed by atoms with Gasteiger partial charge in [-0.1, -0.05) is 18.6 Å². The van der Waals surface area contributed by atoms with Gasteiger partial charge < -0.3 is 30.4 Å². The van der Waals surface area contributed by atoms with E-state index in [4.69, 9.17) is 0 Å². The van der Waals surface area contributed by atoms with E-state index in [2.05, 4.69) is 37.1 Å². The zero-order valence-corrected chi connectivity index (χ0v) is 23.9. The van der Waals surface area contributed by atoms with Crippen LogP contribution in [0.1, 0.15) is 69.9 Å². The molecule has 0 spiro atoms. The molecule has 2 aliphatic rings. The molecule has 10 nitrogen and oxygen atoms in total. The number of quaternary nitrogens is 1. The van der Waals surface area contributed by atoms with Crippen LogP contribution in [0, 0.1) is 5.92 Å². The van der Waals surface area contributed by atoms with Gasteiger partial charge in [0.1, 0.15) is 17.8 Å². The highest BCUT2D eigenvalue weighted by Gasteiger charge is 2.54. The SMILES string of the molecule is CC(=O)NCCCC[C@@H]1NC(=O)[C@H]2C[C@@H](C(=O)NCCCCCC[N+](C)(C)C)[C@@H](c3ccc(O)cc3)N2C1=O. The molecular formula is C29H46N5O5+. The fourth-order valence-electron chi connectivity index (χ4n) is 5.56. The van der Waals surface area contributed by atoms with Crippen LogP contribution < -0.4 is 16.0 Å². The van der Waals surface area contributed by atoms with E-state index in [1.165, 1.54) is 6.92 Å². The Morgan fingerprint density at radius 1 is 0.974 bits per heavy atom. The molecule has 0 saturated carbocycles. The highest BCUT2D eigenvalue weighted by atomic mass is 16.3. The van der Waals surface area contributed by atoms with Crippen molar-refractivity contribution >= 4 is 23.6 Å². The molecule has 216 valence electrons. The largest absolute Gasteiger partial charge is 0.508 e. The summed E-state index contributed by atoms with van der Waals surface area (Å²) < 4.78 is 0.943. The summed E-state index contributed by atoms with van der Waals surface area (Å²) in [4.78, 5) is 52.8. The first-order valence-electron chi connectivity index (χ1n) is 14.2. The molecule has 0 unspecified atom stereocenters. The van der Waals surface area contributed by atoms with Crippen LogP contribution in [-0.2, 0) is 19.2 Å². The zero-order chi connectivity index (χ0) is 28.6. The number of rotatable bonds is 14. The second-order valence-electron chi connectivity index (χ2n) is 11.9. The standard InChI is InChI=1S/C29H45N5O5/c1-20(35)30-16-9-7-11-24-29(39)33-25(28(38)32-24)19-23(26(33)21-12-14-22(36)15-13-21)27(37)31-17-8-5-6-10-18-34(2,3)4/h12-15,23-26H,5-11,16-19H2,1-4H3,(H3-,30,31,32,35,36,37,38)/p+1/t23-,24+,25-,26-/m1/s1. The van der Waals surface area contributed by atoms with Crippen molar-refractivity contribution in [1.29, 1.82) is 0 Å². The van der Waals surface area contributed by atoms with Gasteiger partial charge in [-0.05, 0) is 62.6 Å². The summed E-state index contributed by atoms with van der Waals surface area (Å²) >= 11 is 0. The lowest BCUT2D eigenvalue weighted by molar-refractivity contribution is -0.870. The first-order chi connectivity index (χ1) is 18.5. The van der Waals surface area contributed by atoms with Crippen LogP contribution >= 0.6 is 0 Å². The fraction of sp³-hybridized carbons (Fsp3) is 0.655. The number of nitrogens with zero attached hydrogens (tertiary/aromatic N) is 2. The number of phenols is 1. The minimum atomic E-state index is -0.710. The van der Waals surface area contributed by atoms with Gasteiger partial charge in [-0.15, -0.1) is 0 Å². The van der Waals surface area contributed by atoms with Crippen molar-refractivity contribution < 1.29 is 28.8 Å². The fourth-order valence-corrected chi connectivity index (χ4v) is 5.56. The molecule has 0 aromatic heterocycles. The molecule has 1 aromatic rings. The second kappa shape index (κ2) is 13.8. The Bertz CT molecular complexity index is 1010. The molecule has 2 aliphatic heterocycles. The van der Waals surface area contributed by atoms with Crippen LogP contribution in [0.3, 0.4) is 0 Å². The van der Waals surface area contributed by atoms with Gasteiger partial charge in [0.2, 0.25) is 23.6 Å². The predicted molar refractivity (Wildman–Crippen MR) is 148 cm³/mol. The highest BCUT2D eigenvalue weighted by Crippen LogP contribution is 2.43. The Labute approximate surface area is 232 Å². The number of hydrogen-bond donors (Lipinski definition) is 4. The van der Waals surface area contributed by atoms with Gasteiger partial charge in [-0.2, -0.15) is 0 Å². The second-order valence-corrected chi connectivity index (χ2v) is 11.9. The van der Waals surface area contributed by atoms with Gasteiger partial charge in [0.25, 0.3) is 0 Å². The Kier molecular flexibility index (Phi) is 10.7. The third-order valence-electron chi connectivity index (χ3n) is 7.59. The first kappa shape index (κ1) is 30.4. The van der Waals surface area contributed by atoms with Crippen molar-refractivity contribution in [2.24, 2.45) is 5.92 Å². The van der Waals surface area contributed by atoms with Crippen molar-refractivity contribution in [3.05, 3.63) is 29.8 Å². The predicted octanol–water partition coefficient (Wildman–Crippen LogP) is 1.84. The number of fused-ring (bicyclic) bond motifs is 1. The summed E-state index contributed by atoms with van der Waals surface area (Å²) in [6.07, 6.45) is 6.25. The summed E-state index contributed by atoms with van der Waals surface area (Å²) in [7, 11) is 6.55. The van der Waals surface area contributed by atoms with Crippen LogP contribution in [0.25, 0.3) is 0 Å². The van der Waals surface area contributed by atoms with Crippen LogP contribution in [0.5, 0.6) is 5.75 Å². The van der Waals surface area contributed by atoms with E-state index in [0.29, 0.717) is 32.4 Å². The number of benzene rings is 1. The highest BCUT2D eigenvalue weighted by molar-refractivity contribution is 5.99. The van der Waals surface area contributed by atoms with Gasteiger partial charge in [-0.3, -0.25) is 19.2 Å². The van der Waals surface area contributed by atoms with E-state index in [9.17, 15) is 24.3 Å². The van der Waals surface area contributed by atoms with E-state index in [0.717, 1.165) is 42.3 Å². The molecule has 4 N–H and O–H groups in total. The third kappa shape index (κ3) is 8.68. The number of phenolic OH excluding ortho intramolecular Hbond substituents is 1. The van der Waals surface area contributed by atoms with Gasteiger partial charge >= 0.3 is 0 Å². The number of hydrogen-bond acceptors (Lipinski definition) is 5. The number of aromatic hydroxyl groups is 1. The van der Waals surface area contributed by atoms with Crippen molar-refractivity contribution in [2.45, 2.75) is 76.4 Å². The number of carbonyl (C=O) groups is 4. The number of amides is 4. The molecule has 39 heavy (non-hydrogen) atoms. The molecule has 10 heteroatoms. The van der Waals surface area contributed by atoms with E-state index in [1.54, 1.807) is 29.2 Å². The van der Waals surface area contributed by atoms with Crippen LogP contribution in [0.15, 0.2) is 24.3 Å². The topological polar surface area (TPSA) is 128 Å². The molecule has 4 amide bonds. The van der Waals surface area contributed by atoms with Gasteiger partial charge in [0, 0.05) is 20.0 Å². The average molecular weight is 545 g/mol. The molecule has 0 bridgehead atoms. The molecule has 0 aliphatic carbocycles. The molecule has 0 radical (unpaired) electrons. The number of nitrogens with one attached hydrogen (secondary N) is 3. The number of piperazine rings is 1. The van der Waals surface area contributed by atoms with E-state index in [-0.39, 0.29) is 35.8 Å². The van der Waals surface area contributed by atoms with Gasteiger partial charge in [0.05, 0.1) is 39.6 Å². The average Bonchev–Trinajstić information content (AvgIpc) is 3.27. The van der Waals surface area contributed by atoms with Crippen LogP contribution in [0.4, 0.5) is 0 Å². The number of carbonyl (C=O) groups excluding carboxylic acids is 4. The molecule has 2 saturated heterocycles. The maximum atomic E-state index is 13.6. The van der Waals surface area contributed by atoms with E-state index in [1.807, 2.05) is 0 Å². The van der Waals surface area contributed by atoms with Crippen molar-refractivity contribution in [1.82, 2.24) is 20.9 Å². The summed E-state index contributed by atoms with van der Waals surface area (Å²) in [5, 5.41) is 18.5. The lowest BCUT2D eigenvalue weighted by Crippen LogP contribution is -2.61. The monoisotopic (exact) mass is 544 g/mol. The Morgan fingerprint density at radius 3 is 2.28 bits per heavy atom. The maximum absolute atomic E-state index is 13.6. The number of unbranched alkanes of at least 4 members (excludes halogenated alkanes) is 4. The minimum absolute atomic E-state index is 0.0966. The molecule has 1 aromatic carbocycles. The Hall–Kier alpha value is -3.14. The summed E-state index contributed by atoms with van der Waals surface area (Å²) in [5.74, 6) is -1.15. The van der Waals surface area contributed by atoms with E-state index < -0.39 is 24.0 Å². The van der Waals surface area contributed by atoms with Gasteiger partial charge in [-0.25, -0.2) is 0 Å². The minimum Gasteiger partial charge on any atom is -0.508 e. The normalized spacial score (nSPS) is 22.8. The zero-order valence-electron chi connectivity index (χ0n) is 23.9. The summed E-state index contributed by atoms with van der Waals surface area (Å²) in [6, 6.07) is 4.57. The quantitative estimate of drug-likeness (QED) is 0.210.